The summed E-state index contributed by atoms with van der Waals surface area (Å²) in [4.78, 5) is 14.9. The second-order valence-corrected chi connectivity index (χ2v) is 7.39. The van der Waals surface area contributed by atoms with Gasteiger partial charge in [0.2, 0.25) is 0 Å². The number of phenols is 1. The van der Waals surface area contributed by atoms with E-state index in [4.69, 9.17) is 26.4 Å². The third-order valence-corrected chi connectivity index (χ3v) is 5.31. The van der Waals surface area contributed by atoms with Gasteiger partial charge in [-0.05, 0) is 42.8 Å². The van der Waals surface area contributed by atoms with E-state index < -0.39 is 0 Å². The second kappa shape index (κ2) is 8.53. The van der Waals surface area contributed by atoms with Crippen LogP contribution in [0.3, 0.4) is 0 Å². The van der Waals surface area contributed by atoms with Gasteiger partial charge in [-0.15, -0.1) is 0 Å². The number of anilines is 1. The van der Waals surface area contributed by atoms with Crippen LogP contribution in [0, 0.1) is 0 Å². The van der Waals surface area contributed by atoms with Crippen molar-refractivity contribution in [3.63, 3.8) is 0 Å². The number of thioether (sulfide) groups is 1. The molecule has 0 bridgehead atoms. The number of phenolic OH excluding ortho intramolecular Hbond substituents is 1. The van der Waals surface area contributed by atoms with Gasteiger partial charge in [-0.2, -0.15) is 0 Å². The van der Waals surface area contributed by atoms with Crippen molar-refractivity contribution < 1.29 is 24.1 Å². The molecule has 1 amide bonds. The van der Waals surface area contributed by atoms with Crippen molar-refractivity contribution >= 4 is 46.0 Å². The standard InChI is InChI=1S/C20H19NO5S2/c1-4-26-17-9-12(5-8-15(17)22)10-18-19(23)21(20(27)28-18)14-7-6-13(24-2)11-16(14)25-3/h5-11,22H,4H2,1-3H3/b18-10-. The van der Waals surface area contributed by atoms with Crippen molar-refractivity contribution in [2.75, 3.05) is 25.7 Å². The van der Waals surface area contributed by atoms with Crippen LogP contribution in [0.1, 0.15) is 12.5 Å². The Morgan fingerprint density at radius 3 is 2.61 bits per heavy atom. The number of methoxy groups -OCH3 is 2. The Morgan fingerprint density at radius 2 is 1.93 bits per heavy atom. The van der Waals surface area contributed by atoms with E-state index in [1.54, 1.807) is 43.5 Å². The maximum absolute atomic E-state index is 13.0. The molecule has 2 aromatic carbocycles. The topological polar surface area (TPSA) is 68.2 Å². The van der Waals surface area contributed by atoms with Gasteiger partial charge in [0.15, 0.2) is 15.8 Å². The lowest BCUT2D eigenvalue weighted by atomic mass is 10.1. The van der Waals surface area contributed by atoms with Crippen LogP contribution in [0.4, 0.5) is 5.69 Å². The molecule has 0 atom stereocenters. The summed E-state index contributed by atoms with van der Waals surface area (Å²) in [6.07, 6.45) is 1.72. The summed E-state index contributed by atoms with van der Waals surface area (Å²) in [5.74, 6) is 1.27. The average Bonchev–Trinajstić information content (AvgIpc) is 2.97. The Balaban J connectivity index is 1.94. The van der Waals surface area contributed by atoms with E-state index in [2.05, 4.69) is 0 Å². The summed E-state index contributed by atoms with van der Waals surface area (Å²) in [5, 5.41) is 9.84. The average molecular weight is 418 g/mol. The first-order chi connectivity index (χ1) is 13.5. The highest BCUT2D eigenvalue weighted by Crippen LogP contribution is 2.41. The lowest BCUT2D eigenvalue weighted by molar-refractivity contribution is -0.113. The molecule has 0 aromatic heterocycles. The summed E-state index contributed by atoms with van der Waals surface area (Å²) >= 11 is 6.63. The number of carbonyl (C=O) groups is 1. The monoisotopic (exact) mass is 417 g/mol. The third kappa shape index (κ3) is 3.93. The Hall–Kier alpha value is -2.71. The van der Waals surface area contributed by atoms with E-state index in [0.717, 1.165) is 5.56 Å². The molecule has 0 unspecified atom stereocenters. The summed E-state index contributed by atoms with van der Waals surface area (Å²) < 4.78 is 16.4. The summed E-state index contributed by atoms with van der Waals surface area (Å²) in [6, 6.07) is 10.1. The van der Waals surface area contributed by atoms with Gasteiger partial charge >= 0.3 is 0 Å². The SMILES string of the molecule is CCOc1cc(/C=C2\SC(=S)N(c3ccc(OC)cc3OC)C2=O)ccc1O. The van der Waals surface area contributed by atoms with Crippen LogP contribution in [0.15, 0.2) is 41.3 Å². The van der Waals surface area contributed by atoms with Gasteiger partial charge in [-0.1, -0.05) is 30.0 Å². The van der Waals surface area contributed by atoms with E-state index in [9.17, 15) is 9.90 Å². The van der Waals surface area contributed by atoms with Crippen LogP contribution in [0.25, 0.3) is 6.08 Å². The molecule has 1 fully saturated rings. The maximum Gasteiger partial charge on any atom is 0.270 e. The maximum atomic E-state index is 13.0. The van der Waals surface area contributed by atoms with Crippen LogP contribution in [-0.2, 0) is 4.79 Å². The molecule has 146 valence electrons. The molecule has 1 saturated heterocycles. The largest absolute Gasteiger partial charge is 0.504 e. The molecule has 8 heteroatoms. The normalized spacial score (nSPS) is 15.2. The van der Waals surface area contributed by atoms with Crippen molar-refractivity contribution in [2.24, 2.45) is 0 Å². The van der Waals surface area contributed by atoms with Crippen molar-refractivity contribution in [3.05, 3.63) is 46.9 Å². The van der Waals surface area contributed by atoms with Gasteiger partial charge in [-0.3, -0.25) is 9.69 Å². The number of nitrogens with zero attached hydrogens (tertiary/aromatic N) is 1. The number of aromatic hydroxyl groups is 1. The van der Waals surface area contributed by atoms with Crippen LogP contribution in [0.2, 0.25) is 0 Å². The highest BCUT2D eigenvalue weighted by molar-refractivity contribution is 8.27. The Morgan fingerprint density at radius 1 is 1.14 bits per heavy atom. The number of thiocarbonyl (C=S) groups is 1. The molecule has 0 spiro atoms. The number of hydrogen-bond acceptors (Lipinski definition) is 7. The van der Waals surface area contributed by atoms with Crippen molar-refractivity contribution in [1.82, 2.24) is 0 Å². The fourth-order valence-electron chi connectivity index (χ4n) is 2.69. The number of benzene rings is 2. The number of amides is 1. The Bertz CT molecular complexity index is 958. The molecule has 1 heterocycles. The van der Waals surface area contributed by atoms with Crippen LogP contribution < -0.4 is 19.1 Å². The van der Waals surface area contributed by atoms with Gasteiger partial charge in [0.1, 0.15) is 11.5 Å². The zero-order chi connectivity index (χ0) is 20.3. The molecule has 1 N–H and O–H groups in total. The predicted molar refractivity (Wildman–Crippen MR) is 114 cm³/mol. The lowest BCUT2D eigenvalue weighted by Crippen LogP contribution is -2.27. The molecule has 28 heavy (non-hydrogen) atoms. The zero-order valence-electron chi connectivity index (χ0n) is 15.6. The first kappa shape index (κ1) is 20.0. The van der Waals surface area contributed by atoms with Gasteiger partial charge in [0, 0.05) is 6.07 Å². The number of hydrogen-bond donors (Lipinski definition) is 1. The first-order valence-corrected chi connectivity index (χ1v) is 9.66. The fourth-order valence-corrected chi connectivity index (χ4v) is 3.97. The molecule has 1 aliphatic rings. The lowest BCUT2D eigenvalue weighted by Gasteiger charge is -2.18. The summed E-state index contributed by atoms with van der Waals surface area (Å²) in [7, 11) is 3.09. The fraction of sp³-hybridized carbons (Fsp3) is 0.200. The molecular formula is C20H19NO5S2. The summed E-state index contributed by atoms with van der Waals surface area (Å²) in [6.45, 7) is 2.26. The quantitative estimate of drug-likeness (QED) is 0.558. The minimum Gasteiger partial charge on any atom is -0.504 e. The number of ether oxygens (including phenoxy) is 3. The molecule has 2 aromatic rings. The smallest absolute Gasteiger partial charge is 0.270 e. The Kier molecular flexibility index (Phi) is 6.11. The van der Waals surface area contributed by atoms with Crippen molar-refractivity contribution in [2.45, 2.75) is 6.92 Å². The second-order valence-electron chi connectivity index (χ2n) is 5.72. The van der Waals surface area contributed by atoms with Gasteiger partial charge in [0.05, 0.1) is 31.4 Å². The van der Waals surface area contributed by atoms with E-state index >= 15 is 0 Å². The third-order valence-electron chi connectivity index (χ3n) is 4.00. The minimum absolute atomic E-state index is 0.0505. The molecule has 0 saturated carbocycles. The van der Waals surface area contributed by atoms with Crippen LogP contribution >= 0.6 is 24.0 Å². The van der Waals surface area contributed by atoms with Gasteiger partial charge < -0.3 is 19.3 Å². The van der Waals surface area contributed by atoms with E-state index in [-0.39, 0.29) is 11.7 Å². The molecule has 0 aliphatic carbocycles. The highest BCUT2D eigenvalue weighted by Gasteiger charge is 2.35. The molecule has 1 aliphatic heterocycles. The summed E-state index contributed by atoms with van der Waals surface area (Å²) in [5.41, 5.74) is 1.28. The molecule has 0 radical (unpaired) electrons. The zero-order valence-corrected chi connectivity index (χ0v) is 17.2. The molecule has 3 rings (SSSR count). The van der Waals surface area contributed by atoms with Gasteiger partial charge in [0.25, 0.3) is 5.91 Å². The van der Waals surface area contributed by atoms with E-state index in [1.165, 1.54) is 29.8 Å². The van der Waals surface area contributed by atoms with Crippen molar-refractivity contribution in [1.29, 1.82) is 0 Å². The number of rotatable bonds is 6. The highest BCUT2D eigenvalue weighted by atomic mass is 32.2. The number of carbonyl (C=O) groups excluding carboxylic acids is 1. The van der Waals surface area contributed by atoms with Gasteiger partial charge in [-0.25, -0.2) is 0 Å². The van der Waals surface area contributed by atoms with Crippen LogP contribution in [0.5, 0.6) is 23.0 Å². The predicted octanol–water partition coefficient (Wildman–Crippen LogP) is 4.21. The Labute approximate surface area is 172 Å². The van der Waals surface area contributed by atoms with E-state index in [0.29, 0.717) is 38.8 Å². The van der Waals surface area contributed by atoms with E-state index in [1.807, 2.05) is 6.92 Å². The minimum atomic E-state index is -0.246. The van der Waals surface area contributed by atoms with Crippen LogP contribution in [-0.4, -0.2) is 36.2 Å². The molecular weight excluding hydrogens is 398 g/mol. The van der Waals surface area contributed by atoms with Crippen molar-refractivity contribution in [3.8, 4) is 23.0 Å². The molecule has 6 nitrogen and oxygen atoms in total. The first-order valence-electron chi connectivity index (χ1n) is 8.44.